The summed E-state index contributed by atoms with van der Waals surface area (Å²) in [5.74, 6) is 0.468. The third-order valence-corrected chi connectivity index (χ3v) is 3.44. The van der Waals surface area contributed by atoms with E-state index in [9.17, 15) is 13.2 Å². The van der Waals surface area contributed by atoms with Gasteiger partial charge >= 0.3 is 6.18 Å². The van der Waals surface area contributed by atoms with Crippen molar-refractivity contribution in [3.8, 4) is 6.07 Å². The van der Waals surface area contributed by atoms with E-state index in [1.807, 2.05) is 10.6 Å². The van der Waals surface area contributed by atoms with Gasteiger partial charge in [0.25, 0.3) is 0 Å². The van der Waals surface area contributed by atoms with Crippen LogP contribution in [0.15, 0.2) is 18.2 Å². The molecule has 6 heteroatoms. The van der Waals surface area contributed by atoms with Gasteiger partial charge in [-0.2, -0.15) is 18.4 Å². The van der Waals surface area contributed by atoms with Crippen LogP contribution in [0.2, 0.25) is 0 Å². The fraction of sp³-hybridized carbons (Fsp3) is 0.429. The van der Waals surface area contributed by atoms with Gasteiger partial charge in [-0.15, -0.1) is 0 Å². The molecule has 1 aliphatic carbocycles. The summed E-state index contributed by atoms with van der Waals surface area (Å²) in [5.41, 5.74) is 1.90. The summed E-state index contributed by atoms with van der Waals surface area (Å²) in [7, 11) is 0. The molecule has 3 rings (SSSR count). The Kier molecular flexibility index (Phi) is 2.93. The van der Waals surface area contributed by atoms with Crippen molar-refractivity contribution in [3.63, 3.8) is 0 Å². The van der Waals surface area contributed by atoms with E-state index in [0.717, 1.165) is 18.4 Å². The maximum absolute atomic E-state index is 12.4. The highest BCUT2D eigenvalue weighted by molar-refractivity contribution is 5.78. The summed E-state index contributed by atoms with van der Waals surface area (Å²) in [4.78, 5) is 4.30. The molecule has 1 heterocycles. The first-order chi connectivity index (χ1) is 9.48. The fourth-order valence-electron chi connectivity index (χ4n) is 2.39. The van der Waals surface area contributed by atoms with E-state index >= 15 is 0 Å². The number of nitrogens with zero attached hydrogens (tertiary/aromatic N) is 3. The summed E-state index contributed by atoms with van der Waals surface area (Å²) in [5, 5.41) is 8.87. The number of aromatic nitrogens is 2. The third-order valence-electron chi connectivity index (χ3n) is 3.44. The predicted octanol–water partition coefficient (Wildman–Crippen LogP) is 3.74. The van der Waals surface area contributed by atoms with Gasteiger partial charge < -0.3 is 4.57 Å². The Hall–Kier alpha value is -2.03. The fourth-order valence-corrected chi connectivity index (χ4v) is 2.39. The lowest BCUT2D eigenvalue weighted by molar-refractivity contribution is -0.134. The molecule has 0 amide bonds. The molecular weight excluding hydrogens is 267 g/mol. The van der Waals surface area contributed by atoms with Crippen molar-refractivity contribution in [1.29, 1.82) is 5.26 Å². The minimum absolute atomic E-state index is 0.115. The molecule has 0 saturated heterocycles. The van der Waals surface area contributed by atoms with Crippen molar-refractivity contribution < 1.29 is 13.2 Å². The van der Waals surface area contributed by atoms with Crippen molar-refractivity contribution in [1.82, 2.24) is 9.55 Å². The lowest BCUT2D eigenvalue weighted by Crippen LogP contribution is -2.11. The Bertz CT molecular complexity index is 690. The molecule has 1 saturated carbocycles. The number of benzene rings is 1. The molecule has 0 unspecified atom stereocenters. The van der Waals surface area contributed by atoms with Gasteiger partial charge in [0, 0.05) is 12.5 Å². The molecule has 1 aromatic heterocycles. The maximum Gasteiger partial charge on any atom is 0.389 e. The molecule has 1 fully saturated rings. The summed E-state index contributed by atoms with van der Waals surface area (Å²) >= 11 is 0. The molecule has 3 nitrogen and oxygen atoms in total. The van der Waals surface area contributed by atoms with Gasteiger partial charge in [-0.1, -0.05) is 0 Å². The van der Waals surface area contributed by atoms with E-state index in [0.29, 0.717) is 16.9 Å². The highest BCUT2D eigenvalue weighted by Gasteiger charge is 2.31. The predicted molar refractivity (Wildman–Crippen MR) is 67.1 cm³/mol. The van der Waals surface area contributed by atoms with Gasteiger partial charge in [0.05, 0.1) is 29.1 Å². The zero-order chi connectivity index (χ0) is 14.3. The van der Waals surface area contributed by atoms with Crippen LogP contribution in [0, 0.1) is 11.3 Å². The maximum atomic E-state index is 12.4. The average molecular weight is 279 g/mol. The molecule has 2 aromatic rings. The first-order valence-corrected chi connectivity index (χ1v) is 6.45. The minimum Gasteiger partial charge on any atom is -0.325 e. The molecule has 0 spiro atoms. The van der Waals surface area contributed by atoms with Crippen LogP contribution < -0.4 is 0 Å². The number of hydrogen-bond acceptors (Lipinski definition) is 2. The van der Waals surface area contributed by atoms with Crippen molar-refractivity contribution in [2.24, 2.45) is 0 Å². The molecule has 1 aliphatic rings. The Morgan fingerprint density at radius 2 is 2.10 bits per heavy atom. The summed E-state index contributed by atoms with van der Waals surface area (Å²) < 4.78 is 39.1. The molecule has 0 N–H and O–H groups in total. The molecule has 20 heavy (non-hydrogen) atoms. The van der Waals surface area contributed by atoms with E-state index in [1.54, 1.807) is 18.2 Å². The Morgan fingerprint density at radius 1 is 1.35 bits per heavy atom. The third kappa shape index (κ3) is 2.48. The number of halogens is 3. The van der Waals surface area contributed by atoms with Crippen LogP contribution >= 0.6 is 0 Å². The van der Waals surface area contributed by atoms with E-state index in [-0.39, 0.29) is 12.5 Å². The molecular formula is C14H12F3N3. The van der Waals surface area contributed by atoms with Crippen LogP contribution in [0.1, 0.15) is 36.7 Å². The van der Waals surface area contributed by atoms with Gasteiger partial charge in [-0.25, -0.2) is 4.98 Å². The Balaban J connectivity index is 2.02. The quantitative estimate of drug-likeness (QED) is 0.858. The van der Waals surface area contributed by atoms with E-state index < -0.39 is 12.6 Å². The second kappa shape index (κ2) is 4.51. The molecule has 0 atom stereocenters. The number of rotatable bonds is 3. The first kappa shape index (κ1) is 13.0. The molecule has 0 aliphatic heterocycles. The molecule has 104 valence electrons. The number of fused-ring (bicyclic) bond motifs is 1. The van der Waals surface area contributed by atoms with Gasteiger partial charge in [-0.3, -0.25) is 0 Å². The number of hydrogen-bond donors (Lipinski definition) is 0. The number of imidazole rings is 1. The lowest BCUT2D eigenvalue weighted by atomic mass is 10.2. The van der Waals surface area contributed by atoms with Crippen molar-refractivity contribution in [3.05, 3.63) is 29.6 Å². The van der Waals surface area contributed by atoms with Gasteiger partial charge in [-0.05, 0) is 31.0 Å². The average Bonchev–Trinajstić information content (AvgIpc) is 3.15. The zero-order valence-electron chi connectivity index (χ0n) is 10.6. The van der Waals surface area contributed by atoms with Crippen LogP contribution in [-0.2, 0) is 6.42 Å². The van der Waals surface area contributed by atoms with Crippen LogP contribution in [0.4, 0.5) is 13.2 Å². The molecule has 0 radical (unpaired) electrons. The van der Waals surface area contributed by atoms with Crippen molar-refractivity contribution >= 4 is 11.0 Å². The van der Waals surface area contributed by atoms with E-state index in [4.69, 9.17) is 5.26 Å². The van der Waals surface area contributed by atoms with Gasteiger partial charge in [0.15, 0.2) is 0 Å². The van der Waals surface area contributed by atoms with Crippen molar-refractivity contribution in [2.45, 2.75) is 37.9 Å². The highest BCUT2D eigenvalue weighted by atomic mass is 19.4. The largest absolute Gasteiger partial charge is 0.389 e. The zero-order valence-corrected chi connectivity index (χ0v) is 10.6. The lowest BCUT2D eigenvalue weighted by Gasteiger charge is -2.09. The SMILES string of the molecule is N#Cc1ccc2c(c1)nc(CCC(F)(F)F)n2C1CC1. The number of aryl methyl sites for hydroxylation is 1. The molecule has 1 aromatic carbocycles. The minimum atomic E-state index is -4.18. The Labute approximate surface area is 113 Å². The standard InChI is InChI=1S/C14H12F3N3/c15-14(16,17)6-5-13-19-11-7-9(8-18)1-4-12(11)20(13)10-2-3-10/h1,4,7,10H,2-3,5-6H2. The second-order valence-electron chi connectivity index (χ2n) is 5.06. The highest BCUT2D eigenvalue weighted by Crippen LogP contribution is 2.39. The van der Waals surface area contributed by atoms with Crippen LogP contribution in [0.25, 0.3) is 11.0 Å². The van der Waals surface area contributed by atoms with Crippen LogP contribution in [0.3, 0.4) is 0 Å². The van der Waals surface area contributed by atoms with Gasteiger partial charge in [0.2, 0.25) is 0 Å². The summed E-state index contributed by atoms with van der Waals surface area (Å²) in [6.07, 6.45) is -3.20. The number of nitriles is 1. The van der Waals surface area contributed by atoms with E-state index in [1.165, 1.54) is 0 Å². The number of alkyl halides is 3. The van der Waals surface area contributed by atoms with Crippen molar-refractivity contribution in [2.75, 3.05) is 0 Å². The smallest absolute Gasteiger partial charge is 0.325 e. The van der Waals surface area contributed by atoms with Crippen LogP contribution in [-0.4, -0.2) is 15.7 Å². The monoisotopic (exact) mass is 279 g/mol. The topological polar surface area (TPSA) is 41.6 Å². The normalized spacial score (nSPS) is 15.5. The van der Waals surface area contributed by atoms with E-state index in [2.05, 4.69) is 4.98 Å². The summed E-state index contributed by atoms with van der Waals surface area (Å²) in [6, 6.07) is 7.36. The molecule has 0 bridgehead atoms. The summed E-state index contributed by atoms with van der Waals surface area (Å²) in [6.45, 7) is 0. The Morgan fingerprint density at radius 3 is 2.70 bits per heavy atom. The van der Waals surface area contributed by atoms with Gasteiger partial charge in [0.1, 0.15) is 5.82 Å². The first-order valence-electron chi connectivity index (χ1n) is 6.45. The second-order valence-corrected chi connectivity index (χ2v) is 5.06. The van der Waals surface area contributed by atoms with Crippen LogP contribution in [0.5, 0.6) is 0 Å².